The van der Waals surface area contributed by atoms with E-state index in [1.165, 1.54) is 6.07 Å². The van der Waals surface area contributed by atoms with E-state index in [2.05, 4.69) is 6.07 Å². The Kier molecular flexibility index (Phi) is 11.6. The number of anilines is 1. The fourth-order valence-corrected chi connectivity index (χ4v) is 5.97. The highest BCUT2D eigenvalue weighted by atomic mass is 32.2. The third-order valence-corrected chi connectivity index (χ3v) is 8.36. The number of ether oxygens (including phenoxy) is 3. The molecule has 13 heteroatoms. The average molecular weight is 641 g/mol. The second-order valence-corrected chi connectivity index (χ2v) is 13.4. The summed E-state index contributed by atoms with van der Waals surface area (Å²) in [5.41, 5.74) is 6.77. The number of hydrogen-bond donors (Lipinski definition) is 1. The minimum absolute atomic E-state index is 0.0111. The molecule has 2 N–H and O–H groups in total. The van der Waals surface area contributed by atoms with Crippen LogP contribution in [0.1, 0.15) is 67.6 Å². The minimum Gasteiger partial charge on any atom is -0.489 e. The summed E-state index contributed by atoms with van der Waals surface area (Å²) in [5.74, 6) is -2.45. The van der Waals surface area contributed by atoms with Crippen LogP contribution in [-0.2, 0) is 24.3 Å². The summed E-state index contributed by atoms with van der Waals surface area (Å²) in [5, 5.41) is 9.18. The molecule has 0 unspecified atom stereocenters. The Balaban J connectivity index is 1.90. The van der Waals surface area contributed by atoms with E-state index in [-0.39, 0.29) is 36.3 Å². The molecule has 0 aromatic heterocycles. The van der Waals surface area contributed by atoms with Gasteiger partial charge < -0.3 is 24.8 Å². The van der Waals surface area contributed by atoms with E-state index in [1.54, 1.807) is 82.0 Å². The molecule has 0 spiro atoms. The number of amides is 2. The zero-order valence-electron chi connectivity index (χ0n) is 26.2. The zero-order chi connectivity index (χ0) is 33.4. The smallest absolute Gasteiger partial charge is 0.410 e. The summed E-state index contributed by atoms with van der Waals surface area (Å²) in [6.07, 6.45) is 3.45. The molecule has 0 aliphatic carbocycles. The van der Waals surface area contributed by atoms with Gasteiger partial charge in [0.25, 0.3) is 5.91 Å². The van der Waals surface area contributed by atoms with E-state index in [0.717, 1.165) is 4.31 Å². The molecule has 12 nitrogen and oxygen atoms in total. The number of nitrogens with two attached hydrogens (primary N) is 1. The van der Waals surface area contributed by atoms with Gasteiger partial charge >= 0.3 is 12.1 Å². The van der Waals surface area contributed by atoms with Crippen LogP contribution >= 0.6 is 0 Å². The van der Waals surface area contributed by atoms with Crippen molar-refractivity contribution in [3.05, 3.63) is 64.7 Å². The lowest BCUT2D eigenvalue weighted by Crippen LogP contribution is -2.44. The molecule has 0 bridgehead atoms. The number of esters is 1. The van der Waals surface area contributed by atoms with Crippen molar-refractivity contribution in [1.82, 2.24) is 4.90 Å². The highest BCUT2D eigenvalue weighted by molar-refractivity contribution is 7.93. The van der Waals surface area contributed by atoms with Gasteiger partial charge in [0, 0.05) is 25.9 Å². The van der Waals surface area contributed by atoms with Crippen LogP contribution in [0.2, 0.25) is 0 Å². The lowest BCUT2D eigenvalue weighted by molar-refractivity contribution is -0.139. The molecule has 45 heavy (non-hydrogen) atoms. The SMILES string of the molecule is CCOC(=O)CS(=O)(=O)N(CC=Cc1cccc(C#N)c1)c1cc(C)c(OC2CCN(C(=O)OC(C)(C)C)CC2)c(C(N)=O)c1. The van der Waals surface area contributed by atoms with Crippen LogP contribution in [0.4, 0.5) is 10.5 Å². The Bertz CT molecular complexity index is 1580. The molecule has 242 valence electrons. The standard InChI is InChI=1S/C32H40N4O8S/c1-6-42-28(37)21-45(40,41)36(14-8-11-23-9-7-10-24(18-23)20-33)25-17-22(2)29(27(19-25)30(34)38)43-26-12-15-35(16-13-26)31(39)44-32(3,4)5/h7-11,17-19,26H,6,12-16,21H2,1-5H3,(H2,34,38). The third-order valence-electron chi connectivity index (χ3n) is 6.73. The van der Waals surface area contributed by atoms with Crippen molar-refractivity contribution in [1.29, 1.82) is 5.26 Å². The topological polar surface area (TPSA) is 169 Å². The van der Waals surface area contributed by atoms with Crippen molar-refractivity contribution in [3.63, 3.8) is 0 Å². The maximum absolute atomic E-state index is 13.5. The van der Waals surface area contributed by atoms with Crippen molar-refractivity contribution < 1.29 is 37.0 Å². The molecular weight excluding hydrogens is 600 g/mol. The third kappa shape index (κ3) is 9.97. The Morgan fingerprint density at radius 1 is 1.16 bits per heavy atom. The molecule has 2 amide bonds. The first-order valence-corrected chi connectivity index (χ1v) is 16.2. The predicted molar refractivity (Wildman–Crippen MR) is 169 cm³/mol. The van der Waals surface area contributed by atoms with Gasteiger partial charge in [-0.3, -0.25) is 13.9 Å². The lowest BCUT2D eigenvalue weighted by atomic mass is 10.0. The second-order valence-electron chi connectivity index (χ2n) is 11.5. The monoisotopic (exact) mass is 640 g/mol. The number of primary amides is 1. The molecule has 1 saturated heterocycles. The summed E-state index contributed by atoms with van der Waals surface area (Å²) < 4.78 is 44.5. The molecule has 0 saturated carbocycles. The van der Waals surface area contributed by atoms with E-state index in [4.69, 9.17) is 19.9 Å². The summed E-state index contributed by atoms with van der Waals surface area (Å²) in [7, 11) is -4.28. The highest BCUT2D eigenvalue weighted by Gasteiger charge is 2.31. The molecular formula is C32H40N4O8S. The van der Waals surface area contributed by atoms with E-state index >= 15 is 0 Å². The van der Waals surface area contributed by atoms with Gasteiger partial charge in [-0.15, -0.1) is 0 Å². The van der Waals surface area contributed by atoms with Gasteiger partial charge in [0.15, 0.2) is 5.75 Å². The zero-order valence-corrected chi connectivity index (χ0v) is 27.1. The molecule has 3 rings (SSSR count). The number of carbonyl (C=O) groups excluding carboxylic acids is 3. The molecule has 2 aromatic carbocycles. The summed E-state index contributed by atoms with van der Waals surface area (Å²) >= 11 is 0. The maximum atomic E-state index is 13.5. The van der Waals surface area contributed by atoms with Crippen LogP contribution in [0.15, 0.2) is 42.5 Å². The van der Waals surface area contributed by atoms with Crippen LogP contribution < -0.4 is 14.8 Å². The first-order chi connectivity index (χ1) is 21.1. The average Bonchev–Trinajstić information content (AvgIpc) is 2.95. The van der Waals surface area contributed by atoms with Crippen LogP contribution in [0, 0.1) is 18.3 Å². The molecule has 1 aliphatic rings. The highest BCUT2D eigenvalue weighted by Crippen LogP contribution is 2.33. The number of likely N-dealkylation sites (tertiary alicyclic amines) is 1. The van der Waals surface area contributed by atoms with Crippen molar-refractivity contribution >= 4 is 39.8 Å². The number of nitriles is 1. The molecule has 2 aromatic rings. The van der Waals surface area contributed by atoms with E-state index in [9.17, 15) is 28.1 Å². The van der Waals surface area contributed by atoms with Gasteiger partial charge in [0.2, 0.25) is 10.0 Å². The normalized spacial score (nSPS) is 14.1. The largest absolute Gasteiger partial charge is 0.489 e. The van der Waals surface area contributed by atoms with E-state index in [0.29, 0.717) is 42.6 Å². The molecule has 0 atom stereocenters. The number of piperidine rings is 1. The number of benzene rings is 2. The Hall–Kier alpha value is -4.57. The summed E-state index contributed by atoms with van der Waals surface area (Å²) in [6, 6.07) is 11.7. The van der Waals surface area contributed by atoms with Gasteiger partial charge in [-0.1, -0.05) is 24.3 Å². The fraction of sp³-hybridized carbons (Fsp3) is 0.438. The van der Waals surface area contributed by atoms with Crippen LogP contribution in [0.25, 0.3) is 6.08 Å². The Morgan fingerprint density at radius 2 is 1.84 bits per heavy atom. The molecule has 1 aliphatic heterocycles. The summed E-state index contributed by atoms with van der Waals surface area (Å²) in [6.45, 7) is 9.24. The minimum atomic E-state index is -4.28. The summed E-state index contributed by atoms with van der Waals surface area (Å²) in [4.78, 5) is 38.9. The molecule has 1 fully saturated rings. The van der Waals surface area contributed by atoms with Crippen molar-refractivity contribution in [2.75, 3.05) is 36.3 Å². The molecule has 0 radical (unpaired) electrons. The number of nitrogens with zero attached hydrogens (tertiary/aromatic N) is 3. The maximum Gasteiger partial charge on any atom is 0.410 e. The van der Waals surface area contributed by atoms with E-state index in [1.807, 2.05) is 0 Å². The van der Waals surface area contributed by atoms with E-state index < -0.39 is 39.3 Å². The van der Waals surface area contributed by atoms with Crippen molar-refractivity contribution in [2.45, 2.75) is 59.2 Å². The number of rotatable bonds is 11. The number of aryl methyl sites for hydroxylation is 1. The lowest BCUT2D eigenvalue weighted by Gasteiger charge is -2.34. The fourth-order valence-electron chi connectivity index (χ4n) is 4.69. The van der Waals surface area contributed by atoms with Gasteiger partial charge in [0.1, 0.15) is 17.5 Å². The van der Waals surface area contributed by atoms with Gasteiger partial charge in [0.05, 0.1) is 36.0 Å². The predicted octanol–water partition coefficient (Wildman–Crippen LogP) is 4.16. The number of carbonyl (C=O) groups is 3. The quantitative estimate of drug-likeness (QED) is 0.355. The Morgan fingerprint density at radius 3 is 2.44 bits per heavy atom. The first kappa shape index (κ1) is 34.9. The van der Waals surface area contributed by atoms with Crippen LogP contribution in [0.5, 0.6) is 5.75 Å². The first-order valence-electron chi connectivity index (χ1n) is 14.5. The van der Waals surface area contributed by atoms with Gasteiger partial charge in [-0.05, 0) is 70.0 Å². The van der Waals surface area contributed by atoms with Gasteiger partial charge in [-0.25, -0.2) is 13.2 Å². The second kappa shape index (κ2) is 14.9. The number of sulfonamides is 1. The van der Waals surface area contributed by atoms with Crippen LogP contribution in [-0.4, -0.2) is 75.0 Å². The van der Waals surface area contributed by atoms with Crippen LogP contribution in [0.3, 0.4) is 0 Å². The van der Waals surface area contributed by atoms with Crippen molar-refractivity contribution in [2.24, 2.45) is 5.73 Å². The van der Waals surface area contributed by atoms with Crippen molar-refractivity contribution in [3.8, 4) is 11.8 Å². The Labute approximate surface area is 264 Å². The number of hydrogen-bond acceptors (Lipinski definition) is 9. The molecule has 1 heterocycles. The van der Waals surface area contributed by atoms with Gasteiger partial charge in [-0.2, -0.15) is 5.26 Å².